The van der Waals surface area contributed by atoms with Crippen LogP contribution in [0, 0.1) is 31.1 Å². The number of carbonyl (C=O) groups excluding carboxylic acids is 2. The van der Waals surface area contributed by atoms with Crippen molar-refractivity contribution in [1.29, 1.82) is 0 Å². The van der Waals surface area contributed by atoms with Gasteiger partial charge in [-0.25, -0.2) is 0 Å². The molecule has 1 saturated heterocycles. The third-order valence-corrected chi connectivity index (χ3v) is 5.78. The summed E-state index contributed by atoms with van der Waals surface area (Å²) in [6.45, 7) is 4.25. The average molecular weight is 372 g/mol. The SMILES string of the molecule is C#C[C@H]1C[C@H]1C(=O)N1CCN(C(=O)c2cc(-c3ccccc3)ccc2C)CC1. The standard InChI is InChI=1S/C24H24N2O2/c1-3-18-15-22(18)24(28)26-13-11-25(12-14-26)23(27)21-16-20(10-9-17(21)2)19-7-5-4-6-8-19/h1,4-10,16,18,22H,11-15H2,2H3/t18-,22+/m0/s1. The summed E-state index contributed by atoms with van der Waals surface area (Å²) in [6, 6.07) is 16.1. The second-order valence-electron chi connectivity index (χ2n) is 7.63. The van der Waals surface area contributed by atoms with Crippen molar-refractivity contribution in [2.75, 3.05) is 26.2 Å². The highest BCUT2D eigenvalue weighted by Gasteiger charge is 2.44. The van der Waals surface area contributed by atoms with Gasteiger partial charge < -0.3 is 9.80 Å². The molecule has 2 atom stereocenters. The van der Waals surface area contributed by atoms with Gasteiger partial charge >= 0.3 is 0 Å². The summed E-state index contributed by atoms with van der Waals surface area (Å²) < 4.78 is 0. The van der Waals surface area contributed by atoms with E-state index in [2.05, 4.69) is 12.0 Å². The Morgan fingerprint density at radius 3 is 2.29 bits per heavy atom. The highest BCUT2D eigenvalue weighted by molar-refractivity contribution is 5.97. The number of terminal acetylenes is 1. The van der Waals surface area contributed by atoms with Gasteiger partial charge in [-0.05, 0) is 36.1 Å². The van der Waals surface area contributed by atoms with E-state index in [1.807, 2.05) is 59.2 Å². The second-order valence-corrected chi connectivity index (χ2v) is 7.63. The molecule has 1 aliphatic carbocycles. The van der Waals surface area contributed by atoms with Gasteiger partial charge in [0.1, 0.15) is 0 Å². The van der Waals surface area contributed by atoms with Gasteiger partial charge in [-0.2, -0.15) is 0 Å². The predicted octanol–water partition coefficient (Wildman–Crippen LogP) is 3.22. The summed E-state index contributed by atoms with van der Waals surface area (Å²) >= 11 is 0. The minimum atomic E-state index is -0.00273. The Morgan fingerprint density at radius 1 is 0.964 bits per heavy atom. The molecule has 0 unspecified atom stereocenters. The van der Waals surface area contributed by atoms with Gasteiger partial charge in [0.15, 0.2) is 0 Å². The van der Waals surface area contributed by atoms with Crippen molar-refractivity contribution >= 4 is 11.8 Å². The fraction of sp³-hybridized carbons (Fsp3) is 0.333. The number of piperazine rings is 1. The maximum atomic E-state index is 13.1. The lowest BCUT2D eigenvalue weighted by molar-refractivity contribution is -0.134. The van der Waals surface area contributed by atoms with Crippen LogP contribution in [0.4, 0.5) is 0 Å². The van der Waals surface area contributed by atoms with Gasteiger partial charge in [0, 0.05) is 37.7 Å². The molecule has 4 heteroatoms. The van der Waals surface area contributed by atoms with E-state index in [0.29, 0.717) is 26.2 Å². The minimum absolute atomic E-state index is 0.00273. The van der Waals surface area contributed by atoms with E-state index < -0.39 is 0 Å². The van der Waals surface area contributed by atoms with Gasteiger partial charge in [-0.1, -0.05) is 42.5 Å². The highest BCUT2D eigenvalue weighted by Crippen LogP contribution is 2.39. The van der Waals surface area contributed by atoms with Crippen molar-refractivity contribution < 1.29 is 9.59 Å². The monoisotopic (exact) mass is 372 g/mol. The molecule has 0 aromatic heterocycles. The number of aryl methyl sites for hydroxylation is 1. The van der Waals surface area contributed by atoms with Crippen LogP contribution in [0.5, 0.6) is 0 Å². The van der Waals surface area contributed by atoms with Crippen molar-refractivity contribution in [1.82, 2.24) is 9.80 Å². The highest BCUT2D eigenvalue weighted by atomic mass is 16.2. The molecule has 28 heavy (non-hydrogen) atoms. The smallest absolute Gasteiger partial charge is 0.254 e. The molecule has 2 aliphatic rings. The number of hydrogen-bond acceptors (Lipinski definition) is 2. The van der Waals surface area contributed by atoms with E-state index >= 15 is 0 Å². The minimum Gasteiger partial charge on any atom is -0.339 e. The molecule has 142 valence electrons. The molecule has 4 rings (SSSR count). The second kappa shape index (κ2) is 7.52. The van der Waals surface area contributed by atoms with Crippen LogP contribution in [0.15, 0.2) is 48.5 Å². The van der Waals surface area contributed by atoms with E-state index in [-0.39, 0.29) is 23.7 Å². The Labute approximate surface area is 166 Å². The van der Waals surface area contributed by atoms with Crippen molar-refractivity contribution in [3.63, 3.8) is 0 Å². The Morgan fingerprint density at radius 2 is 1.64 bits per heavy atom. The Hall–Kier alpha value is -3.06. The number of benzene rings is 2. The van der Waals surface area contributed by atoms with Gasteiger partial charge in [0.2, 0.25) is 5.91 Å². The zero-order valence-electron chi connectivity index (χ0n) is 16.1. The van der Waals surface area contributed by atoms with Crippen LogP contribution in [0.1, 0.15) is 22.3 Å². The summed E-state index contributed by atoms with van der Waals surface area (Å²) in [5, 5.41) is 0. The maximum Gasteiger partial charge on any atom is 0.254 e. The Bertz CT molecular complexity index is 937. The Kier molecular flexibility index (Phi) is 4.92. The average Bonchev–Trinajstić information content (AvgIpc) is 3.54. The van der Waals surface area contributed by atoms with E-state index in [0.717, 1.165) is 28.7 Å². The summed E-state index contributed by atoms with van der Waals surface area (Å²) in [7, 11) is 0. The fourth-order valence-electron chi connectivity index (χ4n) is 3.85. The largest absolute Gasteiger partial charge is 0.339 e. The van der Waals surface area contributed by atoms with Crippen LogP contribution >= 0.6 is 0 Å². The molecule has 4 nitrogen and oxygen atoms in total. The lowest BCUT2D eigenvalue weighted by Gasteiger charge is -2.35. The van der Waals surface area contributed by atoms with E-state index in [9.17, 15) is 9.59 Å². The van der Waals surface area contributed by atoms with Crippen LogP contribution in [0.25, 0.3) is 11.1 Å². The molecule has 0 bridgehead atoms. The van der Waals surface area contributed by atoms with Crippen molar-refractivity contribution in [3.05, 3.63) is 59.7 Å². The topological polar surface area (TPSA) is 40.6 Å². The molecule has 1 aliphatic heterocycles. The molecule has 2 fully saturated rings. The fourth-order valence-corrected chi connectivity index (χ4v) is 3.85. The lowest BCUT2D eigenvalue weighted by atomic mass is 9.99. The number of carbonyl (C=O) groups is 2. The number of rotatable bonds is 3. The van der Waals surface area contributed by atoms with Crippen molar-refractivity contribution in [3.8, 4) is 23.5 Å². The molecule has 2 amide bonds. The maximum absolute atomic E-state index is 13.1. The lowest BCUT2D eigenvalue weighted by Crippen LogP contribution is -2.51. The summed E-state index contributed by atoms with van der Waals surface area (Å²) in [5.74, 6) is 2.96. The van der Waals surface area contributed by atoms with Gasteiger partial charge in [-0.15, -0.1) is 12.3 Å². The van der Waals surface area contributed by atoms with Crippen LogP contribution in [0.3, 0.4) is 0 Å². The summed E-state index contributed by atoms with van der Waals surface area (Å²) in [4.78, 5) is 29.3. The summed E-state index contributed by atoms with van der Waals surface area (Å²) in [6.07, 6.45) is 6.22. The third kappa shape index (κ3) is 3.53. The molecule has 1 saturated carbocycles. The van der Waals surface area contributed by atoms with E-state index in [1.54, 1.807) is 0 Å². The van der Waals surface area contributed by atoms with Crippen molar-refractivity contribution in [2.24, 2.45) is 11.8 Å². The van der Waals surface area contributed by atoms with Crippen LogP contribution in [-0.2, 0) is 4.79 Å². The number of hydrogen-bond donors (Lipinski definition) is 0. The molecular weight excluding hydrogens is 348 g/mol. The molecule has 1 heterocycles. The number of amides is 2. The first kappa shape index (κ1) is 18.3. The first-order valence-electron chi connectivity index (χ1n) is 9.78. The van der Waals surface area contributed by atoms with Crippen LogP contribution in [-0.4, -0.2) is 47.8 Å². The van der Waals surface area contributed by atoms with Crippen LogP contribution in [0.2, 0.25) is 0 Å². The normalized spacial score (nSPS) is 21.1. The first-order valence-corrected chi connectivity index (χ1v) is 9.78. The quantitative estimate of drug-likeness (QED) is 0.777. The molecule has 2 aromatic rings. The molecule has 0 radical (unpaired) electrons. The zero-order valence-corrected chi connectivity index (χ0v) is 16.1. The van der Waals surface area contributed by atoms with Crippen LogP contribution < -0.4 is 0 Å². The molecule has 0 N–H and O–H groups in total. The predicted molar refractivity (Wildman–Crippen MR) is 110 cm³/mol. The van der Waals surface area contributed by atoms with E-state index in [1.165, 1.54) is 0 Å². The molecule has 0 spiro atoms. The third-order valence-electron chi connectivity index (χ3n) is 5.78. The summed E-state index contributed by atoms with van der Waals surface area (Å²) in [5.41, 5.74) is 3.84. The molecule has 2 aromatic carbocycles. The molecular formula is C24H24N2O2. The Balaban J connectivity index is 1.44. The van der Waals surface area contributed by atoms with Gasteiger partial charge in [-0.3, -0.25) is 9.59 Å². The van der Waals surface area contributed by atoms with E-state index in [4.69, 9.17) is 6.42 Å². The van der Waals surface area contributed by atoms with Gasteiger partial charge in [0.05, 0.1) is 5.92 Å². The zero-order chi connectivity index (χ0) is 19.7. The number of nitrogens with zero attached hydrogens (tertiary/aromatic N) is 2. The first-order chi connectivity index (χ1) is 13.6. The van der Waals surface area contributed by atoms with Crippen molar-refractivity contribution in [2.45, 2.75) is 13.3 Å². The van der Waals surface area contributed by atoms with Gasteiger partial charge in [0.25, 0.3) is 5.91 Å².